The number of aromatic nitrogens is 1. The van der Waals surface area contributed by atoms with E-state index < -0.39 is 0 Å². The first-order valence-electron chi connectivity index (χ1n) is 9.10. The minimum absolute atomic E-state index is 0.318. The van der Waals surface area contributed by atoms with Gasteiger partial charge in [-0.3, -0.25) is 9.78 Å². The Morgan fingerprint density at radius 2 is 2.04 bits per heavy atom. The van der Waals surface area contributed by atoms with Gasteiger partial charge in [-0.1, -0.05) is 13.3 Å². The summed E-state index contributed by atoms with van der Waals surface area (Å²) in [6.45, 7) is 7.55. The molecule has 1 aromatic heterocycles. The number of amides is 1. The zero-order valence-electron chi connectivity index (χ0n) is 14.3. The molecule has 2 aliphatic rings. The highest BCUT2D eigenvalue weighted by Gasteiger charge is 2.41. The number of hydrogen-bond acceptors (Lipinski definition) is 3. The van der Waals surface area contributed by atoms with Crippen LogP contribution in [0.15, 0.2) is 24.5 Å². The summed E-state index contributed by atoms with van der Waals surface area (Å²) in [6.07, 6.45) is 10.5. The van der Waals surface area contributed by atoms with Crippen LogP contribution in [0.1, 0.15) is 51.0 Å². The number of hydrogen-bond donors (Lipinski definition) is 0. The summed E-state index contributed by atoms with van der Waals surface area (Å²) in [7, 11) is 0. The highest BCUT2D eigenvalue weighted by atomic mass is 16.2. The van der Waals surface area contributed by atoms with E-state index in [1.807, 2.05) is 24.5 Å². The molecule has 0 aliphatic carbocycles. The Morgan fingerprint density at radius 1 is 1.22 bits per heavy atom. The third-order valence-corrected chi connectivity index (χ3v) is 5.44. The van der Waals surface area contributed by atoms with Crippen molar-refractivity contribution in [2.24, 2.45) is 5.41 Å². The molecular weight excluding hydrogens is 286 g/mol. The molecule has 0 saturated carbocycles. The second kappa shape index (κ2) is 7.43. The second-order valence-corrected chi connectivity index (χ2v) is 7.34. The Morgan fingerprint density at radius 3 is 2.83 bits per heavy atom. The van der Waals surface area contributed by atoms with Crippen molar-refractivity contribution in [3.63, 3.8) is 0 Å². The maximum atomic E-state index is 12.4. The summed E-state index contributed by atoms with van der Waals surface area (Å²) < 4.78 is 0. The van der Waals surface area contributed by atoms with Crippen molar-refractivity contribution in [3.05, 3.63) is 30.1 Å². The lowest BCUT2D eigenvalue weighted by Gasteiger charge is -2.48. The summed E-state index contributed by atoms with van der Waals surface area (Å²) in [4.78, 5) is 21.2. The Bertz CT molecular complexity index is 519. The Kier molecular flexibility index (Phi) is 5.31. The van der Waals surface area contributed by atoms with Gasteiger partial charge in [-0.2, -0.15) is 0 Å². The molecule has 1 spiro atoms. The van der Waals surface area contributed by atoms with Crippen LogP contribution >= 0.6 is 0 Å². The fourth-order valence-electron chi connectivity index (χ4n) is 4.17. The van der Waals surface area contributed by atoms with Crippen LogP contribution in [0.2, 0.25) is 0 Å². The quantitative estimate of drug-likeness (QED) is 0.838. The molecule has 3 rings (SSSR count). The maximum Gasteiger partial charge on any atom is 0.222 e. The number of piperidine rings is 2. The molecule has 1 atom stereocenters. The first-order valence-corrected chi connectivity index (χ1v) is 9.10. The van der Waals surface area contributed by atoms with Gasteiger partial charge in [0.25, 0.3) is 0 Å². The van der Waals surface area contributed by atoms with Crippen molar-refractivity contribution in [1.82, 2.24) is 14.8 Å². The van der Waals surface area contributed by atoms with Crippen molar-refractivity contribution in [1.29, 1.82) is 0 Å². The molecule has 126 valence electrons. The molecule has 0 N–H and O–H groups in total. The van der Waals surface area contributed by atoms with Gasteiger partial charge in [0, 0.05) is 43.9 Å². The van der Waals surface area contributed by atoms with Crippen LogP contribution < -0.4 is 0 Å². The van der Waals surface area contributed by atoms with Gasteiger partial charge < -0.3 is 9.80 Å². The third kappa shape index (κ3) is 4.11. The Balaban J connectivity index is 1.65. The van der Waals surface area contributed by atoms with Crippen LogP contribution in [0.4, 0.5) is 0 Å². The van der Waals surface area contributed by atoms with Gasteiger partial charge in [0.05, 0.1) is 0 Å². The van der Waals surface area contributed by atoms with E-state index in [2.05, 4.69) is 21.7 Å². The number of rotatable bonds is 5. The van der Waals surface area contributed by atoms with Crippen LogP contribution in [-0.2, 0) is 11.3 Å². The Labute approximate surface area is 139 Å². The van der Waals surface area contributed by atoms with E-state index in [1.54, 1.807) is 0 Å². The van der Waals surface area contributed by atoms with Crippen LogP contribution in [0, 0.1) is 5.41 Å². The molecule has 3 heterocycles. The van der Waals surface area contributed by atoms with Gasteiger partial charge in [-0.15, -0.1) is 0 Å². The number of pyridine rings is 1. The molecule has 2 aliphatic heterocycles. The van der Waals surface area contributed by atoms with E-state index in [1.165, 1.54) is 50.9 Å². The molecule has 0 bridgehead atoms. The topological polar surface area (TPSA) is 36.4 Å². The van der Waals surface area contributed by atoms with Gasteiger partial charge >= 0.3 is 0 Å². The lowest BCUT2D eigenvalue weighted by atomic mass is 9.73. The zero-order chi connectivity index (χ0) is 16.1. The molecule has 23 heavy (non-hydrogen) atoms. The monoisotopic (exact) mass is 315 g/mol. The smallest absolute Gasteiger partial charge is 0.222 e. The summed E-state index contributed by atoms with van der Waals surface area (Å²) in [6, 6.07) is 4.03. The molecule has 1 amide bonds. The molecule has 1 aromatic rings. The van der Waals surface area contributed by atoms with Crippen molar-refractivity contribution in [3.8, 4) is 0 Å². The lowest BCUT2D eigenvalue weighted by molar-refractivity contribution is -0.140. The first-order chi connectivity index (χ1) is 11.2. The minimum atomic E-state index is 0.318. The number of nitrogens with zero attached hydrogens (tertiary/aromatic N) is 3. The van der Waals surface area contributed by atoms with Crippen LogP contribution in [-0.4, -0.2) is 46.9 Å². The van der Waals surface area contributed by atoms with Gasteiger partial charge in [-0.25, -0.2) is 0 Å². The third-order valence-electron chi connectivity index (χ3n) is 5.44. The van der Waals surface area contributed by atoms with Crippen molar-refractivity contribution < 1.29 is 4.79 Å². The highest BCUT2D eigenvalue weighted by Crippen LogP contribution is 2.39. The number of carbonyl (C=O) groups excluding carboxylic acids is 1. The molecule has 0 unspecified atom stereocenters. The maximum absolute atomic E-state index is 12.4. The average Bonchev–Trinajstić information content (AvgIpc) is 2.58. The van der Waals surface area contributed by atoms with Crippen LogP contribution in [0.5, 0.6) is 0 Å². The van der Waals surface area contributed by atoms with Gasteiger partial charge in [0.2, 0.25) is 5.91 Å². The van der Waals surface area contributed by atoms with Crippen molar-refractivity contribution in [2.45, 2.75) is 52.0 Å². The second-order valence-electron chi connectivity index (χ2n) is 7.34. The lowest BCUT2D eigenvalue weighted by Crippen LogP contribution is -2.53. The van der Waals surface area contributed by atoms with E-state index in [0.717, 1.165) is 19.5 Å². The Hall–Kier alpha value is -1.42. The molecule has 2 fully saturated rings. The molecule has 2 saturated heterocycles. The van der Waals surface area contributed by atoms with Gasteiger partial charge in [0.1, 0.15) is 0 Å². The first kappa shape index (κ1) is 16.4. The minimum Gasteiger partial charge on any atom is -0.338 e. The number of unbranched alkanes of at least 4 members (excludes halogenated alkanes) is 1. The summed E-state index contributed by atoms with van der Waals surface area (Å²) >= 11 is 0. The largest absolute Gasteiger partial charge is 0.338 e. The summed E-state index contributed by atoms with van der Waals surface area (Å²) in [5.74, 6) is 0.318. The van der Waals surface area contributed by atoms with Gasteiger partial charge in [0.15, 0.2) is 0 Å². The van der Waals surface area contributed by atoms with E-state index in [9.17, 15) is 4.79 Å². The molecule has 4 nitrogen and oxygen atoms in total. The van der Waals surface area contributed by atoms with Crippen molar-refractivity contribution >= 4 is 5.91 Å². The molecular formula is C19H29N3O. The van der Waals surface area contributed by atoms with Crippen LogP contribution in [0.25, 0.3) is 0 Å². The van der Waals surface area contributed by atoms with E-state index >= 15 is 0 Å². The molecule has 4 heteroatoms. The standard InChI is InChI=1S/C19H29N3O/c1-2-3-12-21-13-4-8-19(15-21)9-5-18(23)22(16-19)14-17-6-10-20-11-7-17/h6-7,10-11H,2-5,8-9,12-16H2,1H3/t19-/m0/s1. The highest BCUT2D eigenvalue weighted by molar-refractivity contribution is 5.77. The predicted octanol–water partition coefficient (Wildman–Crippen LogP) is 3.09. The fourth-order valence-corrected chi connectivity index (χ4v) is 4.17. The van der Waals surface area contributed by atoms with Gasteiger partial charge in [-0.05, 0) is 56.5 Å². The zero-order valence-corrected chi connectivity index (χ0v) is 14.3. The van der Waals surface area contributed by atoms with E-state index in [-0.39, 0.29) is 0 Å². The number of likely N-dealkylation sites (tertiary alicyclic amines) is 2. The van der Waals surface area contributed by atoms with Crippen molar-refractivity contribution in [2.75, 3.05) is 26.2 Å². The molecule has 0 aromatic carbocycles. The van der Waals surface area contributed by atoms with Crippen LogP contribution in [0.3, 0.4) is 0 Å². The normalized spacial score (nSPS) is 26.0. The fraction of sp³-hybridized carbons (Fsp3) is 0.684. The van der Waals surface area contributed by atoms with E-state index in [4.69, 9.17) is 0 Å². The van der Waals surface area contributed by atoms with E-state index in [0.29, 0.717) is 17.7 Å². The SMILES string of the molecule is CCCCN1CCC[C@]2(CCC(=O)N(Cc3ccncc3)C2)C1. The molecule has 0 radical (unpaired) electrons. The number of carbonyl (C=O) groups is 1. The predicted molar refractivity (Wildman–Crippen MR) is 91.9 cm³/mol. The summed E-state index contributed by atoms with van der Waals surface area (Å²) in [5, 5.41) is 0. The summed E-state index contributed by atoms with van der Waals surface area (Å²) in [5.41, 5.74) is 1.51. The average molecular weight is 315 g/mol.